The number of ether oxygens (including phenoxy) is 1. The van der Waals surface area contributed by atoms with Crippen LogP contribution in [-0.2, 0) is 0 Å². The van der Waals surface area contributed by atoms with Crippen LogP contribution in [0.25, 0.3) is 22.1 Å². The highest BCUT2D eigenvalue weighted by Gasteiger charge is 2.16. The number of carbonyl (C=O) groups is 1. The first kappa shape index (κ1) is 15.6. The number of fused-ring (bicyclic) bond motifs is 1. The second-order valence-electron chi connectivity index (χ2n) is 5.42. The fourth-order valence-corrected chi connectivity index (χ4v) is 2.28. The molecule has 3 aromatic rings. The van der Waals surface area contributed by atoms with E-state index >= 15 is 0 Å². The van der Waals surface area contributed by atoms with Crippen molar-refractivity contribution < 1.29 is 19.1 Å². The second-order valence-corrected chi connectivity index (χ2v) is 5.42. The van der Waals surface area contributed by atoms with E-state index in [-0.39, 0.29) is 27.9 Å². The van der Waals surface area contributed by atoms with E-state index in [0.29, 0.717) is 11.1 Å². The Kier molecular flexibility index (Phi) is 3.95. The molecule has 1 amide bonds. The smallest absolute Gasteiger partial charge is 0.414 e. The number of carbonyl (C=O) groups excluding carboxylic acids is 1. The molecule has 0 saturated heterocycles. The number of phenolic OH excluding ortho intramolecular Hbond substituents is 1. The minimum Gasteiger partial charge on any atom is -0.507 e. The van der Waals surface area contributed by atoms with Gasteiger partial charge >= 0.3 is 6.09 Å². The minimum absolute atomic E-state index is 0.0426. The lowest BCUT2D eigenvalue weighted by molar-refractivity contribution is 0.172. The zero-order valence-electron chi connectivity index (χ0n) is 13.1. The van der Waals surface area contributed by atoms with Crippen molar-refractivity contribution >= 4 is 17.1 Å². The molecule has 0 bridgehead atoms. The molecule has 0 spiro atoms. The molecular formula is C18H15NO5. The average Bonchev–Trinajstić information content (AvgIpc) is 2.55. The van der Waals surface area contributed by atoms with E-state index < -0.39 is 6.09 Å². The SMILES string of the molecule is CN(C)C(=O)Oc1cc(O)c2c(=O)c(-c3ccccc3)coc2c1. The van der Waals surface area contributed by atoms with Crippen LogP contribution in [-0.4, -0.2) is 30.2 Å². The van der Waals surface area contributed by atoms with Crippen LogP contribution in [0.2, 0.25) is 0 Å². The molecule has 0 radical (unpaired) electrons. The van der Waals surface area contributed by atoms with Crippen LogP contribution in [0.15, 0.2) is 57.9 Å². The Balaban J connectivity index is 2.12. The van der Waals surface area contributed by atoms with Gasteiger partial charge in [0.25, 0.3) is 0 Å². The van der Waals surface area contributed by atoms with Crippen LogP contribution in [0.1, 0.15) is 0 Å². The minimum atomic E-state index is -0.600. The summed E-state index contributed by atoms with van der Waals surface area (Å²) in [5.74, 6) is -0.213. The number of amides is 1. The van der Waals surface area contributed by atoms with E-state index in [9.17, 15) is 14.7 Å². The van der Waals surface area contributed by atoms with E-state index in [4.69, 9.17) is 9.15 Å². The van der Waals surface area contributed by atoms with Gasteiger partial charge in [-0.05, 0) is 5.56 Å². The summed E-state index contributed by atoms with van der Waals surface area (Å²) in [6.45, 7) is 0. The van der Waals surface area contributed by atoms with Gasteiger partial charge in [-0.15, -0.1) is 0 Å². The maximum atomic E-state index is 12.7. The van der Waals surface area contributed by atoms with Gasteiger partial charge in [0, 0.05) is 26.2 Å². The van der Waals surface area contributed by atoms with Crippen LogP contribution >= 0.6 is 0 Å². The Morgan fingerprint density at radius 3 is 2.54 bits per heavy atom. The van der Waals surface area contributed by atoms with Crippen molar-refractivity contribution in [3.05, 3.63) is 59.0 Å². The summed E-state index contributed by atoms with van der Waals surface area (Å²) in [4.78, 5) is 25.5. The normalized spacial score (nSPS) is 10.6. The molecule has 0 saturated carbocycles. The lowest BCUT2D eigenvalue weighted by Gasteiger charge is -2.11. The van der Waals surface area contributed by atoms with Crippen LogP contribution in [0.4, 0.5) is 4.79 Å². The van der Waals surface area contributed by atoms with Gasteiger partial charge in [-0.1, -0.05) is 30.3 Å². The molecule has 0 aliphatic heterocycles. The molecular weight excluding hydrogens is 310 g/mol. The highest BCUT2D eigenvalue weighted by Crippen LogP contribution is 2.30. The van der Waals surface area contributed by atoms with Crippen molar-refractivity contribution in [3.63, 3.8) is 0 Å². The molecule has 1 heterocycles. The van der Waals surface area contributed by atoms with Gasteiger partial charge in [0.1, 0.15) is 28.7 Å². The molecule has 6 heteroatoms. The quantitative estimate of drug-likeness (QED) is 0.782. The van der Waals surface area contributed by atoms with Gasteiger partial charge < -0.3 is 19.2 Å². The van der Waals surface area contributed by atoms with Gasteiger partial charge in [-0.3, -0.25) is 4.79 Å². The standard InChI is InChI=1S/C18H15NO5/c1-19(2)18(22)24-12-8-14(20)16-15(9-12)23-10-13(17(16)21)11-6-4-3-5-7-11/h3-10,20H,1-2H3. The van der Waals surface area contributed by atoms with E-state index in [1.165, 1.54) is 37.4 Å². The van der Waals surface area contributed by atoms with Gasteiger partial charge in [0.05, 0.1) is 5.56 Å². The first-order valence-corrected chi connectivity index (χ1v) is 7.20. The molecule has 1 N–H and O–H groups in total. The van der Waals surface area contributed by atoms with E-state index in [0.717, 1.165) is 0 Å². The molecule has 3 rings (SSSR count). The van der Waals surface area contributed by atoms with E-state index in [2.05, 4.69) is 0 Å². The van der Waals surface area contributed by atoms with Crippen molar-refractivity contribution in [3.8, 4) is 22.6 Å². The van der Waals surface area contributed by atoms with Crippen LogP contribution in [0, 0.1) is 0 Å². The highest BCUT2D eigenvalue weighted by molar-refractivity contribution is 5.88. The van der Waals surface area contributed by atoms with Crippen molar-refractivity contribution in [1.82, 2.24) is 4.90 Å². The number of nitrogens with zero attached hydrogens (tertiary/aromatic N) is 1. The predicted molar refractivity (Wildman–Crippen MR) is 89.3 cm³/mol. The summed E-state index contributed by atoms with van der Waals surface area (Å²) in [7, 11) is 3.07. The third kappa shape index (κ3) is 2.81. The predicted octanol–water partition coefficient (Wildman–Crippen LogP) is 3.23. The third-order valence-electron chi connectivity index (χ3n) is 3.49. The van der Waals surface area contributed by atoms with Gasteiger partial charge in [-0.25, -0.2) is 4.79 Å². The van der Waals surface area contributed by atoms with Crippen molar-refractivity contribution in [2.75, 3.05) is 14.1 Å². The summed E-state index contributed by atoms with van der Waals surface area (Å²) in [5.41, 5.74) is 0.818. The molecule has 0 aliphatic rings. The van der Waals surface area contributed by atoms with Gasteiger partial charge in [0.15, 0.2) is 0 Å². The number of rotatable bonds is 2. The van der Waals surface area contributed by atoms with Crippen LogP contribution in [0.3, 0.4) is 0 Å². The Hall–Kier alpha value is -3.28. The maximum Gasteiger partial charge on any atom is 0.414 e. The zero-order valence-corrected chi connectivity index (χ0v) is 13.1. The Labute approximate surface area is 137 Å². The van der Waals surface area contributed by atoms with E-state index in [1.807, 2.05) is 18.2 Å². The summed E-state index contributed by atoms with van der Waals surface area (Å²) < 4.78 is 10.6. The molecule has 122 valence electrons. The highest BCUT2D eigenvalue weighted by atomic mass is 16.6. The molecule has 2 aromatic carbocycles. The molecule has 24 heavy (non-hydrogen) atoms. The first-order chi connectivity index (χ1) is 11.5. The summed E-state index contributed by atoms with van der Waals surface area (Å²) in [5, 5.41) is 10.2. The summed E-state index contributed by atoms with van der Waals surface area (Å²) in [6, 6.07) is 11.6. The number of aromatic hydroxyl groups is 1. The average molecular weight is 325 g/mol. The topological polar surface area (TPSA) is 80.0 Å². The van der Waals surface area contributed by atoms with Crippen molar-refractivity contribution in [1.29, 1.82) is 0 Å². The Morgan fingerprint density at radius 2 is 1.88 bits per heavy atom. The van der Waals surface area contributed by atoms with Crippen molar-refractivity contribution in [2.24, 2.45) is 0 Å². The van der Waals surface area contributed by atoms with Gasteiger partial charge in [0.2, 0.25) is 5.43 Å². The summed E-state index contributed by atoms with van der Waals surface area (Å²) in [6.07, 6.45) is 0.730. The van der Waals surface area contributed by atoms with Crippen LogP contribution < -0.4 is 10.2 Å². The molecule has 0 atom stereocenters. The Bertz CT molecular complexity index is 960. The fraction of sp³-hybridized carbons (Fsp3) is 0.111. The number of hydrogen-bond donors (Lipinski definition) is 1. The molecule has 0 unspecified atom stereocenters. The molecule has 6 nitrogen and oxygen atoms in total. The lowest BCUT2D eigenvalue weighted by atomic mass is 10.1. The fourth-order valence-electron chi connectivity index (χ4n) is 2.28. The monoisotopic (exact) mass is 325 g/mol. The maximum absolute atomic E-state index is 12.7. The van der Waals surface area contributed by atoms with E-state index in [1.54, 1.807) is 12.1 Å². The number of benzene rings is 2. The Morgan fingerprint density at radius 1 is 1.17 bits per heavy atom. The number of hydrogen-bond acceptors (Lipinski definition) is 5. The largest absolute Gasteiger partial charge is 0.507 e. The third-order valence-corrected chi connectivity index (χ3v) is 3.49. The second kappa shape index (κ2) is 6.08. The number of phenols is 1. The molecule has 0 aliphatic carbocycles. The first-order valence-electron chi connectivity index (χ1n) is 7.20. The zero-order chi connectivity index (χ0) is 17.3. The van der Waals surface area contributed by atoms with Gasteiger partial charge in [-0.2, -0.15) is 0 Å². The molecule has 0 fully saturated rings. The van der Waals surface area contributed by atoms with Crippen molar-refractivity contribution in [2.45, 2.75) is 0 Å². The van der Waals surface area contributed by atoms with Crippen LogP contribution in [0.5, 0.6) is 11.5 Å². The molecule has 1 aromatic heterocycles. The summed E-state index contributed by atoms with van der Waals surface area (Å²) >= 11 is 0. The lowest BCUT2D eigenvalue weighted by Crippen LogP contribution is -2.25.